The maximum absolute atomic E-state index is 5.90. The number of rotatable bonds is 6. The minimum absolute atomic E-state index is 0.174. The monoisotopic (exact) mass is 248 g/mol. The number of ether oxygens (including phenoxy) is 1. The van der Waals surface area contributed by atoms with Gasteiger partial charge in [-0.05, 0) is 50.9 Å². The Balaban J connectivity index is 1.83. The number of nitrogens with two attached hydrogens (primary N) is 1. The molecule has 1 saturated heterocycles. The van der Waals surface area contributed by atoms with E-state index in [0.717, 1.165) is 25.3 Å². The first kappa shape index (κ1) is 13.4. The Hall–Kier alpha value is -1.06. The predicted octanol–water partition coefficient (Wildman–Crippen LogP) is 2.05. The topological polar surface area (TPSA) is 38.5 Å². The molecule has 0 amide bonds. The molecule has 0 aromatic heterocycles. The summed E-state index contributed by atoms with van der Waals surface area (Å²) in [4.78, 5) is 2.47. The molecule has 1 aromatic rings. The summed E-state index contributed by atoms with van der Waals surface area (Å²) in [5.41, 5.74) is 7.07. The van der Waals surface area contributed by atoms with Crippen molar-refractivity contribution in [1.82, 2.24) is 4.90 Å². The van der Waals surface area contributed by atoms with Crippen LogP contribution in [0.4, 0.5) is 0 Å². The average molecular weight is 248 g/mol. The van der Waals surface area contributed by atoms with E-state index >= 15 is 0 Å². The molecule has 1 heterocycles. The molecule has 0 aliphatic carbocycles. The van der Waals surface area contributed by atoms with Crippen molar-refractivity contribution in [2.45, 2.75) is 32.2 Å². The molecule has 18 heavy (non-hydrogen) atoms. The molecule has 0 bridgehead atoms. The van der Waals surface area contributed by atoms with Gasteiger partial charge in [-0.1, -0.05) is 18.2 Å². The molecule has 0 radical (unpaired) electrons. The quantitative estimate of drug-likeness (QED) is 0.837. The second kappa shape index (κ2) is 6.76. The van der Waals surface area contributed by atoms with Gasteiger partial charge in [0.1, 0.15) is 12.4 Å². The van der Waals surface area contributed by atoms with Crippen molar-refractivity contribution in [3.8, 4) is 5.75 Å². The highest BCUT2D eigenvalue weighted by atomic mass is 16.5. The van der Waals surface area contributed by atoms with E-state index in [1.807, 2.05) is 25.1 Å². The van der Waals surface area contributed by atoms with Gasteiger partial charge in [-0.2, -0.15) is 0 Å². The van der Waals surface area contributed by atoms with Crippen LogP contribution in [0.3, 0.4) is 0 Å². The summed E-state index contributed by atoms with van der Waals surface area (Å²) in [6.07, 6.45) is 3.54. The van der Waals surface area contributed by atoms with Crippen molar-refractivity contribution in [1.29, 1.82) is 0 Å². The van der Waals surface area contributed by atoms with Crippen LogP contribution in [-0.2, 0) is 6.42 Å². The minimum Gasteiger partial charge on any atom is -0.492 e. The standard InChI is InChI=1S/C15H24N2O/c1-13(16)12-14-6-2-3-7-15(14)18-11-10-17-8-4-5-9-17/h2-3,6-7,13H,4-5,8-12,16H2,1H3. The van der Waals surface area contributed by atoms with Crippen molar-refractivity contribution in [2.75, 3.05) is 26.2 Å². The largest absolute Gasteiger partial charge is 0.492 e. The zero-order valence-electron chi connectivity index (χ0n) is 11.3. The van der Waals surface area contributed by atoms with E-state index in [-0.39, 0.29) is 6.04 Å². The molecule has 2 rings (SSSR count). The highest BCUT2D eigenvalue weighted by molar-refractivity contribution is 5.33. The van der Waals surface area contributed by atoms with Crippen LogP contribution in [0.1, 0.15) is 25.3 Å². The van der Waals surface area contributed by atoms with Crippen LogP contribution in [-0.4, -0.2) is 37.2 Å². The fourth-order valence-electron chi connectivity index (χ4n) is 2.45. The van der Waals surface area contributed by atoms with Gasteiger partial charge in [0, 0.05) is 12.6 Å². The molecule has 1 unspecified atom stereocenters. The molecule has 1 atom stereocenters. The first-order valence-corrected chi connectivity index (χ1v) is 6.94. The number of hydrogen-bond acceptors (Lipinski definition) is 3. The predicted molar refractivity (Wildman–Crippen MR) is 75.0 cm³/mol. The lowest BCUT2D eigenvalue weighted by atomic mass is 10.1. The van der Waals surface area contributed by atoms with E-state index in [1.54, 1.807) is 0 Å². The van der Waals surface area contributed by atoms with E-state index in [1.165, 1.54) is 31.5 Å². The summed E-state index contributed by atoms with van der Waals surface area (Å²) in [6, 6.07) is 8.39. The van der Waals surface area contributed by atoms with Crippen LogP contribution < -0.4 is 10.5 Å². The Morgan fingerprint density at radius 3 is 2.72 bits per heavy atom. The first-order valence-electron chi connectivity index (χ1n) is 6.94. The third kappa shape index (κ3) is 4.00. The van der Waals surface area contributed by atoms with Crippen molar-refractivity contribution >= 4 is 0 Å². The summed E-state index contributed by atoms with van der Waals surface area (Å²) in [7, 11) is 0. The van der Waals surface area contributed by atoms with Gasteiger partial charge < -0.3 is 10.5 Å². The number of benzene rings is 1. The zero-order chi connectivity index (χ0) is 12.8. The fraction of sp³-hybridized carbons (Fsp3) is 0.600. The molecule has 1 fully saturated rings. The summed E-state index contributed by atoms with van der Waals surface area (Å²) >= 11 is 0. The highest BCUT2D eigenvalue weighted by Crippen LogP contribution is 2.19. The Kier molecular flexibility index (Phi) is 5.02. The molecule has 1 aliphatic heterocycles. The highest BCUT2D eigenvalue weighted by Gasteiger charge is 2.11. The second-order valence-electron chi connectivity index (χ2n) is 5.19. The van der Waals surface area contributed by atoms with Gasteiger partial charge in [-0.15, -0.1) is 0 Å². The van der Waals surface area contributed by atoms with E-state index in [9.17, 15) is 0 Å². The SMILES string of the molecule is CC(N)Cc1ccccc1OCCN1CCCC1. The summed E-state index contributed by atoms with van der Waals surface area (Å²) in [5.74, 6) is 0.994. The van der Waals surface area contributed by atoms with Crippen LogP contribution in [0, 0.1) is 0 Å². The van der Waals surface area contributed by atoms with Crippen LogP contribution >= 0.6 is 0 Å². The number of hydrogen-bond donors (Lipinski definition) is 1. The third-order valence-corrected chi connectivity index (χ3v) is 3.38. The summed E-state index contributed by atoms with van der Waals surface area (Å²) in [5, 5.41) is 0. The molecule has 100 valence electrons. The van der Waals surface area contributed by atoms with Crippen LogP contribution in [0.5, 0.6) is 5.75 Å². The molecular formula is C15H24N2O. The maximum atomic E-state index is 5.90. The van der Waals surface area contributed by atoms with Crippen molar-refractivity contribution in [3.63, 3.8) is 0 Å². The van der Waals surface area contributed by atoms with E-state index in [0.29, 0.717) is 0 Å². The molecule has 1 aliphatic rings. The molecule has 0 spiro atoms. The van der Waals surface area contributed by atoms with Gasteiger partial charge in [0.2, 0.25) is 0 Å². The van der Waals surface area contributed by atoms with Crippen molar-refractivity contribution < 1.29 is 4.74 Å². The van der Waals surface area contributed by atoms with Crippen molar-refractivity contribution in [2.24, 2.45) is 5.73 Å². The smallest absolute Gasteiger partial charge is 0.122 e. The average Bonchev–Trinajstić information content (AvgIpc) is 2.84. The van der Waals surface area contributed by atoms with Crippen molar-refractivity contribution in [3.05, 3.63) is 29.8 Å². The van der Waals surface area contributed by atoms with Gasteiger partial charge in [-0.3, -0.25) is 4.90 Å². The van der Waals surface area contributed by atoms with Gasteiger partial charge >= 0.3 is 0 Å². The lowest BCUT2D eigenvalue weighted by Crippen LogP contribution is -2.25. The maximum Gasteiger partial charge on any atom is 0.122 e. The Morgan fingerprint density at radius 2 is 2.00 bits per heavy atom. The van der Waals surface area contributed by atoms with Gasteiger partial charge in [0.25, 0.3) is 0 Å². The normalized spacial score (nSPS) is 17.9. The summed E-state index contributed by atoms with van der Waals surface area (Å²) < 4.78 is 5.90. The fourth-order valence-corrected chi connectivity index (χ4v) is 2.45. The van der Waals surface area contributed by atoms with Gasteiger partial charge in [0.15, 0.2) is 0 Å². The molecule has 3 heteroatoms. The number of nitrogens with zero attached hydrogens (tertiary/aromatic N) is 1. The van der Waals surface area contributed by atoms with E-state index in [2.05, 4.69) is 11.0 Å². The number of likely N-dealkylation sites (tertiary alicyclic amines) is 1. The first-order chi connectivity index (χ1) is 8.75. The Bertz CT molecular complexity index is 359. The molecular weight excluding hydrogens is 224 g/mol. The lowest BCUT2D eigenvalue weighted by Gasteiger charge is -2.17. The summed E-state index contributed by atoms with van der Waals surface area (Å²) in [6.45, 7) is 6.29. The van der Waals surface area contributed by atoms with E-state index < -0.39 is 0 Å². The van der Waals surface area contributed by atoms with Gasteiger partial charge in [0.05, 0.1) is 0 Å². The zero-order valence-corrected chi connectivity index (χ0v) is 11.3. The lowest BCUT2D eigenvalue weighted by molar-refractivity contribution is 0.236. The molecule has 2 N–H and O–H groups in total. The van der Waals surface area contributed by atoms with Crippen LogP contribution in [0.25, 0.3) is 0 Å². The molecule has 3 nitrogen and oxygen atoms in total. The second-order valence-corrected chi connectivity index (χ2v) is 5.19. The Labute approximate surface area is 110 Å². The Morgan fingerprint density at radius 1 is 1.28 bits per heavy atom. The van der Waals surface area contributed by atoms with Crippen LogP contribution in [0.2, 0.25) is 0 Å². The van der Waals surface area contributed by atoms with Crippen LogP contribution in [0.15, 0.2) is 24.3 Å². The minimum atomic E-state index is 0.174. The number of para-hydroxylation sites is 1. The molecule has 1 aromatic carbocycles. The molecule has 0 saturated carbocycles. The third-order valence-electron chi connectivity index (χ3n) is 3.38. The van der Waals surface area contributed by atoms with Gasteiger partial charge in [-0.25, -0.2) is 0 Å². The van der Waals surface area contributed by atoms with E-state index in [4.69, 9.17) is 10.5 Å².